The Balaban J connectivity index is 1.97. The summed E-state index contributed by atoms with van der Waals surface area (Å²) in [6.07, 6.45) is 0.0311. The molecule has 29 heavy (non-hydrogen) atoms. The lowest BCUT2D eigenvalue weighted by molar-refractivity contribution is -0.132. The average molecular weight is 399 g/mol. The Hall–Kier alpha value is -2.88. The number of aliphatic hydroxyl groups is 2. The van der Waals surface area contributed by atoms with Crippen molar-refractivity contribution in [3.63, 3.8) is 0 Å². The molecule has 0 saturated heterocycles. The molecule has 4 atom stereocenters. The Labute approximate surface area is 169 Å². The maximum absolute atomic E-state index is 12.4. The summed E-state index contributed by atoms with van der Waals surface area (Å²) in [5.74, 6) is 10.0. The highest BCUT2D eigenvalue weighted by molar-refractivity contribution is 5.97. The number of aliphatic hydroxyl groups excluding tert-OH is 2. The van der Waals surface area contributed by atoms with Crippen molar-refractivity contribution in [2.45, 2.75) is 38.0 Å². The molecule has 8 nitrogen and oxygen atoms in total. The molecule has 7 N–H and O–H groups in total. The van der Waals surface area contributed by atoms with Crippen LogP contribution in [0.15, 0.2) is 24.3 Å². The summed E-state index contributed by atoms with van der Waals surface area (Å²) in [5.41, 5.74) is 7.27. The van der Waals surface area contributed by atoms with E-state index in [2.05, 4.69) is 29.0 Å². The largest absolute Gasteiger partial charge is 0.394 e. The summed E-state index contributed by atoms with van der Waals surface area (Å²) >= 11 is 0. The third kappa shape index (κ3) is 6.31. The van der Waals surface area contributed by atoms with Crippen LogP contribution in [0.3, 0.4) is 0 Å². The number of carbonyl (C=O) groups is 2. The van der Waals surface area contributed by atoms with Crippen molar-refractivity contribution < 1.29 is 25.0 Å². The Morgan fingerprint density at radius 1 is 1.28 bits per heavy atom. The first kappa shape index (κ1) is 22.4. The van der Waals surface area contributed by atoms with E-state index in [-0.39, 0.29) is 18.4 Å². The van der Waals surface area contributed by atoms with Crippen LogP contribution in [0, 0.1) is 35.5 Å². The Morgan fingerprint density at radius 3 is 2.48 bits per heavy atom. The average Bonchev–Trinajstić information content (AvgIpc) is 3.47. The van der Waals surface area contributed by atoms with Gasteiger partial charge in [-0.1, -0.05) is 11.8 Å². The van der Waals surface area contributed by atoms with Crippen LogP contribution in [-0.4, -0.2) is 51.5 Å². The van der Waals surface area contributed by atoms with E-state index in [9.17, 15) is 14.7 Å². The molecule has 0 aromatic heterocycles. The van der Waals surface area contributed by atoms with Crippen molar-refractivity contribution in [3.05, 3.63) is 35.4 Å². The van der Waals surface area contributed by atoms with Gasteiger partial charge in [-0.3, -0.25) is 14.8 Å². The summed E-state index contributed by atoms with van der Waals surface area (Å²) < 4.78 is 0. The van der Waals surface area contributed by atoms with Gasteiger partial charge in [-0.05, 0) is 56.4 Å². The molecule has 0 bridgehead atoms. The highest BCUT2D eigenvalue weighted by atomic mass is 16.5. The topological polar surface area (TPSA) is 145 Å². The predicted molar refractivity (Wildman–Crippen MR) is 105 cm³/mol. The van der Waals surface area contributed by atoms with Crippen molar-refractivity contribution in [1.82, 2.24) is 10.8 Å². The quantitative estimate of drug-likeness (QED) is 0.213. The van der Waals surface area contributed by atoms with Gasteiger partial charge in [0, 0.05) is 28.5 Å². The van der Waals surface area contributed by atoms with E-state index in [1.807, 2.05) is 0 Å². The van der Waals surface area contributed by atoms with Gasteiger partial charge in [0.2, 0.25) is 0 Å². The molecule has 1 aliphatic carbocycles. The molecule has 2 amide bonds. The monoisotopic (exact) mass is 399 g/mol. The summed E-state index contributed by atoms with van der Waals surface area (Å²) in [4.78, 5) is 24.1. The molecule has 0 spiro atoms. The van der Waals surface area contributed by atoms with Crippen molar-refractivity contribution in [1.29, 1.82) is 0 Å². The fourth-order valence-electron chi connectivity index (χ4n) is 2.75. The summed E-state index contributed by atoms with van der Waals surface area (Å²) in [6.45, 7) is 2.85. The lowest BCUT2D eigenvalue weighted by Crippen LogP contribution is -2.61. The van der Waals surface area contributed by atoms with Gasteiger partial charge in [0.25, 0.3) is 11.8 Å². The van der Waals surface area contributed by atoms with E-state index in [4.69, 9.17) is 16.0 Å². The molecule has 1 aromatic rings. The van der Waals surface area contributed by atoms with Crippen LogP contribution in [0.1, 0.15) is 36.2 Å². The second-order valence-electron chi connectivity index (χ2n) is 7.56. The normalized spacial score (nSPS) is 19.5. The molecule has 0 radical (unpaired) electrons. The third-order valence-corrected chi connectivity index (χ3v) is 4.59. The summed E-state index contributed by atoms with van der Waals surface area (Å²) in [6, 6.07) is 5.28. The minimum Gasteiger partial charge on any atom is -0.394 e. The summed E-state index contributed by atoms with van der Waals surface area (Å²) in [5, 5.41) is 29.7. The van der Waals surface area contributed by atoms with Crippen LogP contribution < -0.4 is 16.5 Å². The van der Waals surface area contributed by atoms with Gasteiger partial charge in [0.1, 0.15) is 6.04 Å². The smallest absolute Gasteiger partial charge is 0.267 e. The van der Waals surface area contributed by atoms with E-state index in [0.29, 0.717) is 11.1 Å². The number of nitrogens with one attached hydrogen (secondary N) is 2. The van der Waals surface area contributed by atoms with E-state index in [0.717, 1.165) is 6.42 Å². The van der Waals surface area contributed by atoms with Crippen molar-refractivity contribution >= 4 is 11.8 Å². The van der Waals surface area contributed by atoms with Crippen molar-refractivity contribution in [3.8, 4) is 23.7 Å². The number of hydroxylamine groups is 1. The lowest BCUT2D eigenvalue weighted by atomic mass is 9.95. The fraction of sp³-hybridized carbons (Fsp3) is 0.429. The van der Waals surface area contributed by atoms with Crippen molar-refractivity contribution in [2.75, 3.05) is 6.61 Å². The predicted octanol–water partition coefficient (Wildman–Crippen LogP) is -0.628. The minimum absolute atomic E-state index is 0.0161. The molecule has 1 saturated carbocycles. The molecule has 2 rings (SSSR count). The molecule has 1 fully saturated rings. The second kappa shape index (κ2) is 9.55. The van der Waals surface area contributed by atoms with Crippen LogP contribution >= 0.6 is 0 Å². The first-order valence-corrected chi connectivity index (χ1v) is 9.11. The van der Waals surface area contributed by atoms with E-state index < -0.39 is 29.5 Å². The number of benzene rings is 1. The van der Waals surface area contributed by atoms with Gasteiger partial charge in [0.15, 0.2) is 0 Å². The third-order valence-electron chi connectivity index (χ3n) is 4.59. The molecule has 154 valence electrons. The lowest BCUT2D eigenvalue weighted by Gasteiger charge is -2.29. The van der Waals surface area contributed by atoms with E-state index in [1.165, 1.54) is 5.48 Å². The summed E-state index contributed by atoms with van der Waals surface area (Å²) in [7, 11) is 0. The molecule has 1 aliphatic rings. The van der Waals surface area contributed by atoms with Crippen molar-refractivity contribution in [2.24, 2.45) is 17.6 Å². The Morgan fingerprint density at radius 2 is 1.93 bits per heavy atom. The number of carbonyl (C=O) groups excluding carboxylic acids is 2. The second-order valence-corrected chi connectivity index (χ2v) is 7.56. The first-order valence-electron chi connectivity index (χ1n) is 9.11. The van der Waals surface area contributed by atoms with Gasteiger partial charge in [-0.25, -0.2) is 5.48 Å². The highest BCUT2D eigenvalue weighted by Gasteiger charge is 2.41. The molecule has 0 heterocycles. The van der Waals surface area contributed by atoms with Crippen LogP contribution in [-0.2, 0) is 4.79 Å². The molecular formula is C21H25N3O5. The number of amides is 2. The highest BCUT2D eigenvalue weighted by Crippen LogP contribution is 2.40. The number of hydrogen-bond acceptors (Lipinski definition) is 6. The zero-order valence-electron chi connectivity index (χ0n) is 16.3. The molecule has 8 heteroatoms. The number of rotatable bonds is 6. The van der Waals surface area contributed by atoms with Gasteiger partial charge in [0.05, 0.1) is 12.7 Å². The van der Waals surface area contributed by atoms with Gasteiger partial charge in [-0.15, -0.1) is 0 Å². The van der Waals surface area contributed by atoms with Crippen LogP contribution in [0.4, 0.5) is 0 Å². The van der Waals surface area contributed by atoms with E-state index >= 15 is 0 Å². The minimum atomic E-state index is -1.12. The molecule has 1 unspecified atom stereocenters. The Bertz CT molecular complexity index is 868. The van der Waals surface area contributed by atoms with Gasteiger partial charge in [-0.2, -0.15) is 0 Å². The maximum Gasteiger partial charge on any atom is 0.267 e. The van der Waals surface area contributed by atoms with Gasteiger partial charge < -0.3 is 21.3 Å². The molecular weight excluding hydrogens is 374 g/mol. The molecule has 1 aromatic carbocycles. The van der Waals surface area contributed by atoms with Crippen LogP contribution in [0.5, 0.6) is 0 Å². The number of hydrogen-bond donors (Lipinski definition) is 6. The van der Waals surface area contributed by atoms with Gasteiger partial charge >= 0.3 is 0 Å². The zero-order chi connectivity index (χ0) is 21.6. The first-order chi connectivity index (χ1) is 13.7. The zero-order valence-corrected chi connectivity index (χ0v) is 16.3. The fourth-order valence-corrected chi connectivity index (χ4v) is 2.75. The standard InChI is InChI=1S/C21H25N3O5/c1-21(2,22)18(20(28)24-29)23-19(27)14-9-7-13(8-10-14)5-3-4-6-15-11-16(15)17(26)12-25/h7-10,15-18,25-26,29H,11-12,22H2,1-2H3,(H,23,27)(H,24,28)/t15-,16-,17?,18-/m1/s1. The number of nitrogens with two attached hydrogens (primary N) is 1. The Kier molecular flexibility index (Phi) is 7.38. The van der Waals surface area contributed by atoms with E-state index in [1.54, 1.807) is 38.1 Å². The van der Waals surface area contributed by atoms with Crippen LogP contribution in [0.25, 0.3) is 0 Å². The SMILES string of the molecule is CC(C)(N)[C@H](NC(=O)c1ccc(C#CC#C[C@@H]2C[C@H]2C(O)CO)cc1)C(=O)NO. The van der Waals surface area contributed by atoms with Crippen LogP contribution in [0.2, 0.25) is 0 Å². The molecule has 0 aliphatic heterocycles. The maximum atomic E-state index is 12.4.